The number of rotatable bonds is 4. The van der Waals surface area contributed by atoms with Crippen LogP contribution in [-0.2, 0) is 6.54 Å². The molecule has 1 N–H and O–H groups in total. The van der Waals surface area contributed by atoms with E-state index in [-0.39, 0.29) is 5.91 Å². The molecule has 0 aliphatic carbocycles. The molecule has 0 atom stereocenters. The molecular weight excluding hydrogens is 316 g/mol. The van der Waals surface area contributed by atoms with Gasteiger partial charge in [-0.2, -0.15) is 11.3 Å². The third-order valence-corrected chi connectivity index (χ3v) is 4.23. The smallest absolute Gasteiger partial charge is 0.253 e. The van der Waals surface area contributed by atoms with Crippen molar-refractivity contribution in [3.8, 4) is 11.3 Å². The number of amides is 1. The first kappa shape index (κ1) is 14.8. The number of hydrogen-bond donors (Lipinski definition) is 1. The summed E-state index contributed by atoms with van der Waals surface area (Å²) >= 11 is 7.66. The molecule has 5 heteroatoms. The number of carbonyl (C=O) groups is 1. The van der Waals surface area contributed by atoms with Crippen molar-refractivity contribution in [3.63, 3.8) is 0 Å². The van der Waals surface area contributed by atoms with Crippen LogP contribution >= 0.6 is 22.9 Å². The fourth-order valence-electron chi connectivity index (χ4n) is 2.08. The molecule has 0 saturated heterocycles. The van der Waals surface area contributed by atoms with Crippen molar-refractivity contribution in [3.05, 3.63) is 75.6 Å². The highest BCUT2D eigenvalue weighted by molar-refractivity contribution is 7.08. The second-order valence-corrected chi connectivity index (χ2v) is 5.91. The summed E-state index contributed by atoms with van der Waals surface area (Å²) in [6, 6.07) is 12.9. The lowest BCUT2D eigenvalue weighted by Crippen LogP contribution is -2.23. The SMILES string of the molecule is O=C(NCc1ccnc(-c2ccsc2)c1)c1ccccc1Cl. The maximum atomic E-state index is 12.1. The predicted molar refractivity (Wildman–Crippen MR) is 90.2 cm³/mol. The van der Waals surface area contributed by atoms with E-state index < -0.39 is 0 Å². The first-order valence-electron chi connectivity index (χ1n) is 6.74. The summed E-state index contributed by atoms with van der Waals surface area (Å²) in [5, 5.41) is 7.40. The second kappa shape index (κ2) is 6.73. The Labute approximate surface area is 137 Å². The van der Waals surface area contributed by atoms with Crippen LogP contribution in [-0.4, -0.2) is 10.9 Å². The van der Waals surface area contributed by atoms with E-state index in [1.165, 1.54) is 0 Å². The fraction of sp³-hybridized carbons (Fsp3) is 0.0588. The van der Waals surface area contributed by atoms with Gasteiger partial charge in [0, 0.05) is 23.7 Å². The fourth-order valence-corrected chi connectivity index (χ4v) is 2.95. The lowest BCUT2D eigenvalue weighted by atomic mass is 10.1. The molecule has 0 unspecified atom stereocenters. The van der Waals surface area contributed by atoms with Gasteiger partial charge in [-0.05, 0) is 41.3 Å². The van der Waals surface area contributed by atoms with Crippen LogP contribution < -0.4 is 5.32 Å². The van der Waals surface area contributed by atoms with Gasteiger partial charge in [0.15, 0.2) is 0 Å². The molecule has 0 aliphatic heterocycles. The first-order chi connectivity index (χ1) is 10.7. The average molecular weight is 329 g/mol. The number of pyridine rings is 1. The van der Waals surface area contributed by atoms with E-state index in [9.17, 15) is 4.79 Å². The molecule has 3 aromatic rings. The van der Waals surface area contributed by atoms with Crippen LogP contribution in [0.3, 0.4) is 0 Å². The van der Waals surface area contributed by atoms with Crippen LogP contribution in [0.25, 0.3) is 11.3 Å². The zero-order chi connectivity index (χ0) is 15.4. The third kappa shape index (κ3) is 3.35. The highest BCUT2D eigenvalue weighted by Gasteiger charge is 2.09. The van der Waals surface area contributed by atoms with Gasteiger partial charge in [-0.15, -0.1) is 0 Å². The van der Waals surface area contributed by atoms with E-state index in [2.05, 4.69) is 15.7 Å². The molecular formula is C17H13ClN2OS. The summed E-state index contributed by atoms with van der Waals surface area (Å²) in [4.78, 5) is 16.5. The Balaban J connectivity index is 1.71. The minimum absolute atomic E-state index is 0.181. The number of nitrogens with zero attached hydrogens (tertiary/aromatic N) is 1. The van der Waals surface area contributed by atoms with Crippen molar-refractivity contribution >= 4 is 28.8 Å². The maximum Gasteiger partial charge on any atom is 0.253 e. The van der Waals surface area contributed by atoms with E-state index in [1.807, 2.05) is 23.6 Å². The number of thiophene rings is 1. The molecule has 110 valence electrons. The van der Waals surface area contributed by atoms with Gasteiger partial charge in [0.25, 0.3) is 5.91 Å². The molecule has 0 saturated carbocycles. The number of halogens is 1. The summed E-state index contributed by atoms with van der Waals surface area (Å²) in [7, 11) is 0. The molecule has 3 rings (SSSR count). The molecule has 0 fully saturated rings. The highest BCUT2D eigenvalue weighted by Crippen LogP contribution is 2.20. The van der Waals surface area contributed by atoms with Crippen LogP contribution in [0, 0.1) is 0 Å². The van der Waals surface area contributed by atoms with Crippen LogP contribution in [0.5, 0.6) is 0 Å². The summed E-state index contributed by atoms with van der Waals surface area (Å²) < 4.78 is 0. The first-order valence-corrected chi connectivity index (χ1v) is 8.06. The lowest BCUT2D eigenvalue weighted by Gasteiger charge is -2.07. The van der Waals surface area contributed by atoms with Gasteiger partial charge < -0.3 is 5.32 Å². The van der Waals surface area contributed by atoms with Gasteiger partial charge in [0.2, 0.25) is 0 Å². The van der Waals surface area contributed by atoms with Crippen molar-refractivity contribution in [2.24, 2.45) is 0 Å². The molecule has 1 aromatic carbocycles. The normalized spacial score (nSPS) is 10.4. The molecule has 0 radical (unpaired) electrons. The largest absolute Gasteiger partial charge is 0.348 e. The van der Waals surface area contributed by atoms with Crippen molar-refractivity contribution in [1.82, 2.24) is 10.3 Å². The van der Waals surface area contributed by atoms with Gasteiger partial charge >= 0.3 is 0 Å². The monoisotopic (exact) mass is 328 g/mol. The van der Waals surface area contributed by atoms with Crippen molar-refractivity contribution in [1.29, 1.82) is 0 Å². The number of aromatic nitrogens is 1. The standard InChI is InChI=1S/C17H13ClN2OS/c18-15-4-2-1-3-14(15)17(21)20-10-12-5-7-19-16(9-12)13-6-8-22-11-13/h1-9,11H,10H2,(H,20,21). The van der Waals surface area contributed by atoms with Crippen LogP contribution in [0.15, 0.2) is 59.4 Å². The highest BCUT2D eigenvalue weighted by atomic mass is 35.5. The van der Waals surface area contributed by atoms with Gasteiger partial charge in [0.05, 0.1) is 16.3 Å². The molecule has 2 aromatic heterocycles. The van der Waals surface area contributed by atoms with Crippen LogP contribution in [0.1, 0.15) is 15.9 Å². The molecule has 0 aliphatic rings. The Morgan fingerprint density at radius 1 is 1.23 bits per heavy atom. The maximum absolute atomic E-state index is 12.1. The van der Waals surface area contributed by atoms with Crippen molar-refractivity contribution in [2.45, 2.75) is 6.54 Å². The van der Waals surface area contributed by atoms with E-state index in [4.69, 9.17) is 11.6 Å². The summed E-state index contributed by atoms with van der Waals surface area (Å²) in [5.74, 6) is -0.181. The Morgan fingerprint density at radius 3 is 2.86 bits per heavy atom. The van der Waals surface area contributed by atoms with Crippen molar-refractivity contribution in [2.75, 3.05) is 0 Å². The lowest BCUT2D eigenvalue weighted by molar-refractivity contribution is 0.0951. The van der Waals surface area contributed by atoms with E-state index >= 15 is 0 Å². The van der Waals surface area contributed by atoms with Gasteiger partial charge in [0.1, 0.15) is 0 Å². The summed E-state index contributed by atoms with van der Waals surface area (Å²) in [5.41, 5.74) is 3.47. The van der Waals surface area contributed by atoms with E-state index in [1.54, 1.807) is 41.8 Å². The Hall–Kier alpha value is -2.17. The summed E-state index contributed by atoms with van der Waals surface area (Å²) in [6.07, 6.45) is 1.75. The van der Waals surface area contributed by atoms with Gasteiger partial charge in [-0.3, -0.25) is 9.78 Å². The van der Waals surface area contributed by atoms with E-state index in [0.717, 1.165) is 16.8 Å². The van der Waals surface area contributed by atoms with Crippen molar-refractivity contribution < 1.29 is 4.79 Å². The predicted octanol–water partition coefficient (Wildman–Crippen LogP) is 4.39. The zero-order valence-corrected chi connectivity index (χ0v) is 13.2. The number of hydrogen-bond acceptors (Lipinski definition) is 3. The summed E-state index contributed by atoms with van der Waals surface area (Å²) in [6.45, 7) is 0.434. The second-order valence-electron chi connectivity index (χ2n) is 4.72. The topological polar surface area (TPSA) is 42.0 Å². The Morgan fingerprint density at radius 2 is 2.09 bits per heavy atom. The third-order valence-electron chi connectivity index (χ3n) is 3.21. The molecule has 22 heavy (non-hydrogen) atoms. The molecule has 0 bridgehead atoms. The minimum Gasteiger partial charge on any atom is -0.348 e. The van der Waals surface area contributed by atoms with Crippen LogP contribution in [0.4, 0.5) is 0 Å². The number of benzene rings is 1. The quantitative estimate of drug-likeness (QED) is 0.771. The van der Waals surface area contributed by atoms with Crippen LogP contribution in [0.2, 0.25) is 5.02 Å². The Bertz CT molecular complexity index is 787. The minimum atomic E-state index is -0.181. The molecule has 2 heterocycles. The number of nitrogens with one attached hydrogen (secondary N) is 1. The Kier molecular flexibility index (Phi) is 4.51. The molecule has 1 amide bonds. The number of carbonyl (C=O) groups excluding carboxylic acids is 1. The molecule has 0 spiro atoms. The average Bonchev–Trinajstić information content (AvgIpc) is 3.08. The van der Waals surface area contributed by atoms with Gasteiger partial charge in [-0.25, -0.2) is 0 Å². The zero-order valence-electron chi connectivity index (χ0n) is 11.6. The van der Waals surface area contributed by atoms with Gasteiger partial charge in [-0.1, -0.05) is 23.7 Å². The van der Waals surface area contributed by atoms with E-state index in [0.29, 0.717) is 17.1 Å². The molecule has 3 nitrogen and oxygen atoms in total.